The molecule has 1 aliphatic carbocycles. The molecular weight excluding hydrogens is 234 g/mol. The smallest absolute Gasteiger partial charge is 0.0224 e. The maximum Gasteiger partial charge on any atom is 0.0224 e. The molecule has 0 aromatic carbocycles. The molecule has 3 heteroatoms. The minimum absolute atomic E-state index is 0.752. The van der Waals surface area contributed by atoms with Gasteiger partial charge in [-0.05, 0) is 45.7 Å². The second kappa shape index (κ2) is 7.61. The zero-order valence-electron chi connectivity index (χ0n) is 13.2. The molecular formula is C16H33N3. The highest BCUT2D eigenvalue weighted by Crippen LogP contribution is 2.21. The van der Waals surface area contributed by atoms with Crippen molar-refractivity contribution in [2.75, 3.05) is 33.2 Å². The molecule has 1 saturated heterocycles. The molecule has 19 heavy (non-hydrogen) atoms. The average Bonchev–Trinajstić information content (AvgIpc) is 3.22. The van der Waals surface area contributed by atoms with Crippen molar-refractivity contribution in [3.05, 3.63) is 0 Å². The molecule has 112 valence electrons. The lowest BCUT2D eigenvalue weighted by atomic mass is 10.1. The van der Waals surface area contributed by atoms with Gasteiger partial charge in [0, 0.05) is 37.8 Å². The Hall–Kier alpha value is -0.120. The molecule has 0 aromatic rings. The first-order valence-electron chi connectivity index (χ1n) is 8.42. The summed E-state index contributed by atoms with van der Waals surface area (Å²) < 4.78 is 0. The number of likely N-dealkylation sites (N-methyl/N-ethyl adjacent to an activating group) is 1. The third kappa shape index (κ3) is 4.73. The number of rotatable bonds is 7. The number of nitrogens with one attached hydrogen (secondary N) is 1. The molecule has 0 radical (unpaired) electrons. The Morgan fingerprint density at radius 3 is 2.63 bits per heavy atom. The average molecular weight is 267 g/mol. The van der Waals surface area contributed by atoms with Crippen LogP contribution in [0.5, 0.6) is 0 Å². The fourth-order valence-corrected chi connectivity index (χ4v) is 3.41. The van der Waals surface area contributed by atoms with Crippen LogP contribution in [-0.4, -0.2) is 61.2 Å². The van der Waals surface area contributed by atoms with Crippen molar-refractivity contribution in [3.8, 4) is 0 Å². The summed E-state index contributed by atoms with van der Waals surface area (Å²) in [6.45, 7) is 9.70. The zero-order valence-corrected chi connectivity index (χ0v) is 13.2. The lowest BCUT2D eigenvalue weighted by Gasteiger charge is -2.37. The minimum Gasteiger partial charge on any atom is -0.312 e. The molecule has 2 aliphatic rings. The van der Waals surface area contributed by atoms with E-state index in [0.717, 1.165) is 18.1 Å². The van der Waals surface area contributed by atoms with E-state index in [0.29, 0.717) is 0 Å². The van der Waals surface area contributed by atoms with Gasteiger partial charge >= 0.3 is 0 Å². The van der Waals surface area contributed by atoms with Gasteiger partial charge in [-0.3, -0.25) is 4.90 Å². The van der Waals surface area contributed by atoms with Crippen molar-refractivity contribution in [3.63, 3.8) is 0 Å². The highest BCUT2D eigenvalue weighted by atomic mass is 15.3. The monoisotopic (exact) mass is 267 g/mol. The van der Waals surface area contributed by atoms with Crippen LogP contribution in [0.1, 0.15) is 52.4 Å². The van der Waals surface area contributed by atoms with Crippen LogP contribution in [0.4, 0.5) is 0 Å². The van der Waals surface area contributed by atoms with Gasteiger partial charge in [-0.2, -0.15) is 0 Å². The summed E-state index contributed by atoms with van der Waals surface area (Å²) in [5, 5.41) is 3.76. The Kier molecular flexibility index (Phi) is 6.11. The third-order valence-electron chi connectivity index (χ3n) is 4.73. The molecule has 1 N–H and O–H groups in total. The quantitative estimate of drug-likeness (QED) is 0.764. The van der Waals surface area contributed by atoms with E-state index in [4.69, 9.17) is 0 Å². The van der Waals surface area contributed by atoms with Gasteiger partial charge < -0.3 is 10.2 Å². The van der Waals surface area contributed by atoms with Gasteiger partial charge in [0.05, 0.1) is 0 Å². The van der Waals surface area contributed by atoms with E-state index in [1.807, 2.05) is 0 Å². The van der Waals surface area contributed by atoms with E-state index in [-0.39, 0.29) is 0 Å². The van der Waals surface area contributed by atoms with Gasteiger partial charge in [-0.25, -0.2) is 0 Å². The first kappa shape index (κ1) is 15.3. The molecule has 2 rings (SSSR count). The second-order valence-electron chi connectivity index (χ2n) is 6.54. The van der Waals surface area contributed by atoms with Gasteiger partial charge in [0.25, 0.3) is 0 Å². The normalized spacial score (nSPS) is 28.3. The third-order valence-corrected chi connectivity index (χ3v) is 4.73. The van der Waals surface area contributed by atoms with Gasteiger partial charge in [-0.1, -0.05) is 20.3 Å². The summed E-state index contributed by atoms with van der Waals surface area (Å²) in [4.78, 5) is 5.34. The first-order chi connectivity index (χ1) is 9.24. The molecule has 2 atom stereocenters. The van der Waals surface area contributed by atoms with Crippen LogP contribution in [0.2, 0.25) is 0 Å². The Labute approximate surface area is 119 Å². The molecule has 0 bridgehead atoms. The lowest BCUT2D eigenvalue weighted by Crippen LogP contribution is -2.50. The van der Waals surface area contributed by atoms with Crippen molar-refractivity contribution >= 4 is 0 Å². The molecule has 0 spiro atoms. The Balaban J connectivity index is 1.94. The summed E-state index contributed by atoms with van der Waals surface area (Å²) in [7, 11) is 2.28. The van der Waals surface area contributed by atoms with Crippen molar-refractivity contribution < 1.29 is 0 Å². The van der Waals surface area contributed by atoms with E-state index >= 15 is 0 Å². The zero-order chi connectivity index (χ0) is 13.7. The maximum absolute atomic E-state index is 3.76. The standard InChI is InChI=1S/C16H33N3/c1-4-7-16(12-17-14-8-9-14)19-11-6-10-18(3)13-15(19)5-2/h14-17H,4-13H2,1-3H3. The van der Waals surface area contributed by atoms with Crippen LogP contribution < -0.4 is 5.32 Å². The fraction of sp³-hybridized carbons (Fsp3) is 1.00. The fourth-order valence-electron chi connectivity index (χ4n) is 3.41. The van der Waals surface area contributed by atoms with Gasteiger partial charge in [0.2, 0.25) is 0 Å². The van der Waals surface area contributed by atoms with E-state index in [1.54, 1.807) is 0 Å². The van der Waals surface area contributed by atoms with Gasteiger partial charge in [-0.15, -0.1) is 0 Å². The van der Waals surface area contributed by atoms with Crippen molar-refractivity contribution in [1.82, 2.24) is 15.1 Å². The largest absolute Gasteiger partial charge is 0.312 e. The maximum atomic E-state index is 3.76. The van der Waals surface area contributed by atoms with Crippen LogP contribution in [-0.2, 0) is 0 Å². The van der Waals surface area contributed by atoms with Crippen molar-refractivity contribution in [1.29, 1.82) is 0 Å². The molecule has 1 aliphatic heterocycles. The molecule has 2 unspecified atom stereocenters. The summed E-state index contributed by atoms with van der Waals surface area (Å²) >= 11 is 0. The van der Waals surface area contributed by atoms with E-state index < -0.39 is 0 Å². The van der Waals surface area contributed by atoms with Crippen LogP contribution >= 0.6 is 0 Å². The topological polar surface area (TPSA) is 18.5 Å². The summed E-state index contributed by atoms with van der Waals surface area (Å²) in [6, 6.07) is 2.35. The predicted octanol–water partition coefficient (Wildman–Crippen LogP) is 2.32. The van der Waals surface area contributed by atoms with Crippen LogP contribution in [0.25, 0.3) is 0 Å². The van der Waals surface area contributed by atoms with Crippen LogP contribution in [0.3, 0.4) is 0 Å². The molecule has 2 fully saturated rings. The van der Waals surface area contributed by atoms with Crippen LogP contribution in [0.15, 0.2) is 0 Å². The molecule has 1 heterocycles. The molecule has 1 saturated carbocycles. The van der Waals surface area contributed by atoms with E-state index in [1.165, 1.54) is 64.7 Å². The van der Waals surface area contributed by atoms with E-state index in [9.17, 15) is 0 Å². The lowest BCUT2D eigenvalue weighted by molar-refractivity contribution is 0.118. The Morgan fingerprint density at radius 2 is 2.00 bits per heavy atom. The number of nitrogens with zero attached hydrogens (tertiary/aromatic N) is 2. The highest BCUT2D eigenvalue weighted by molar-refractivity contribution is 4.88. The first-order valence-corrected chi connectivity index (χ1v) is 8.42. The number of hydrogen-bond donors (Lipinski definition) is 1. The van der Waals surface area contributed by atoms with Crippen molar-refractivity contribution in [2.45, 2.75) is 70.5 Å². The van der Waals surface area contributed by atoms with Crippen LogP contribution in [0, 0.1) is 0 Å². The molecule has 3 nitrogen and oxygen atoms in total. The second-order valence-corrected chi connectivity index (χ2v) is 6.54. The minimum atomic E-state index is 0.752. The summed E-state index contributed by atoms with van der Waals surface area (Å²) in [5.41, 5.74) is 0. The van der Waals surface area contributed by atoms with Gasteiger partial charge in [0.1, 0.15) is 0 Å². The SMILES string of the molecule is CCCC(CNC1CC1)N1CCCN(C)CC1CC. The number of hydrogen-bond acceptors (Lipinski definition) is 3. The Bertz CT molecular complexity index is 252. The highest BCUT2D eigenvalue weighted by Gasteiger charge is 2.29. The summed E-state index contributed by atoms with van der Waals surface area (Å²) in [5.74, 6) is 0. The van der Waals surface area contributed by atoms with E-state index in [2.05, 4.69) is 36.0 Å². The molecule has 0 aromatic heterocycles. The summed E-state index contributed by atoms with van der Waals surface area (Å²) in [6.07, 6.45) is 8.07. The van der Waals surface area contributed by atoms with Crippen molar-refractivity contribution in [2.24, 2.45) is 0 Å². The molecule has 0 amide bonds. The Morgan fingerprint density at radius 1 is 1.21 bits per heavy atom. The predicted molar refractivity (Wildman–Crippen MR) is 82.6 cm³/mol. The van der Waals surface area contributed by atoms with Gasteiger partial charge in [0.15, 0.2) is 0 Å².